The largest absolute Gasteiger partial charge is 0.454 e. The fraction of sp³-hybridized carbons (Fsp3) is 0.909. The van der Waals surface area contributed by atoms with Crippen molar-refractivity contribution < 1.29 is 49.3 Å². The Bertz CT molecular complexity index is 1350. The molecule has 0 aromatic heterocycles. The molecule has 1 fully saturated rings. The zero-order chi connectivity index (χ0) is 56.1. The van der Waals surface area contributed by atoms with Crippen LogP contribution in [0.15, 0.2) is 24.3 Å². The highest BCUT2D eigenvalue weighted by Crippen LogP contribution is 2.26. The number of hydrogen-bond donors (Lipinski definition) is 6. The van der Waals surface area contributed by atoms with E-state index in [1.165, 1.54) is 212 Å². The molecule has 1 aliphatic heterocycles. The zero-order valence-corrected chi connectivity index (χ0v) is 50.4. The van der Waals surface area contributed by atoms with Gasteiger partial charge in [-0.2, -0.15) is 0 Å². The number of unbranched alkanes of at least 4 members (excludes halogenated alkanes) is 41. The van der Waals surface area contributed by atoms with E-state index < -0.39 is 67.4 Å². The highest BCUT2D eigenvalue weighted by Gasteiger charge is 2.47. The molecular weight excluding hydrogens is 967 g/mol. The van der Waals surface area contributed by atoms with Crippen LogP contribution in [0, 0.1) is 0 Å². The van der Waals surface area contributed by atoms with Gasteiger partial charge >= 0.3 is 5.97 Å². The molecule has 1 rings (SSSR count). The minimum atomic E-state index is -1.61. The van der Waals surface area contributed by atoms with E-state index in [-0.39, 0.29) is 13.0 Å². The molecule has 0 aromatic rings. The number of ether oxygens (including phenoxy) is 3. The molecule has 0 aromatic carbocycles. The van der Waals surface area contributed by atoms with Crippen molar-refractivity contribution in [1.82, 2.24) is 5.32 Å². The Morgan fingerprint density at radius 3 is 1.26 bits per heavy atom. The third kappa shape index (κ3) is 42.6. The summed E-state index contributed by atoms with van der Waals surface area (Å²) in [4.78, 5) is 26.6. The summed E-state index contributed by atoms with van der Waals surface area (Å²) in [6.07, 6.45) is 53.5. The molecule has 1 heterocycles. The molecule has 8 atom stereocenters. The minimum Gasteiger partial charge on any atom is -0.454 e. The van der Waals surface area contributed by atoms with Gasteiger partial charge in [-0.1, -0.05) is 289 Å². The first kappa shape index (κ1) is 73.2. The van der Waals surface area contributed by atoms with Crippen LogP contribution in [-0.2, 0) is 23.8 Å². The van der Waals surface area contributed by atoms with Crippen molar-refractivity contribution in [2.24, 2.45) is 0 Å². The topological polar surface area (TPSA) is 175 Å². The highest BCUT2D eigenvalue weighted by atomic mass is 16.7. The summed E-state index contributed by atoms with van der Waals surface area (Å²) in [5.74, 6) is -1.18. The van der Waals surface area contributed by atoms with Crippen LogP contribution in [0.5, 0.6) is 0 Å². The Kier molecular flexibility index (Phi) is 52.0. The normalized spacial score (nSPS) is 19.1. The van der Waals surface area contributed by atoms with Crippen LogP contribution >= 0.6 is 0 Å². The van der Waals surface area contributed by atoms with Gasteiger partial charge in [-0.25, -0.2) is 0 Å². The van der Waals surface area contributed by atoms with Crippen LogP contribution in [0.1, 0.15) is 323 Å². The van der Waals surface area contributed by atoms with E-state index in [0.29, 0.717) is 19.3 Å². The molecule has 11 heteroatoms. The van der Waals surface area contributed by atoms with Crippen LogP contribution in [0.2, 0.25) is 0 Å². The Balaban J connectivity index is 2.65. The van der Waals surface area contributed by atoms with E-state index in [9.17, 15) is 35.1 Å². The highest BCUT2D eigenvalue weighted by molar-refractivity contribution is 5.80. The molecule has 0 spiro atoms. The SMILES string of the molecule is CCCCCCCC/C=C/CCCCCCCCCCC(O)C(=O)NC(COC1OC(CO)C(O)C(O)C1OC(=O)CCCCCCCCCCCCCCCCCCC)C(O)/C=C/CCCCCCCCCCCCC. The first-order chi connectivity index (χ1) is 37.7. The number of carbonyl (C=O) groups excluding carboxylic acids is 2. The van der Waals surface area contributed by atoms with Crippen molar-refractivity contribution in [3.05, 3.63) is 24.3 Å². The predicted molar refractivity (Wildman–Crippen MR) is 320 cm³/mol. The van der Waals surface area contributed by atoms with Gasteiger partial charge in [-0.15, -0.1) is 0 Å². The lowest BCUT2D eigenvalue weighted by Crippen LogP contribution is -2.61. The third-order valence-electron chi connectivity index (χ3n) is 15.9. The number of aliphatic hydroxyl groups is 5. The van der Waals surface area contributed by atoms with Gasteiger partial charge in [0, 0.05) is 6.42 Å². The van der Waals surface area contributed by atoms with E-state index in [0.717, 1.165) is 64.2 Å². The van der Waals surface area contributed by atoms with Crippen LogP contribution < -0.4 is 5.32 Å². The van der Waals surface area contributed by atoms with Crippen molar-refractivity contribution >= 4 is 11.9 Å². The smallest absolute Gasteiger partial charge is 0.306 e. The molecule has 0 bridgehead atoms. The van der Waals surface area contributed by atoms with Crippen molar-refractivity contribution in [2.45, 2.75) is 372 Å². The van der Waals surface area contributed by atoms with E-state index in [1.807, 2.05) is 6.08 Å². The second kappa shape index (κ2) is 54.7. The minimum absolute atomic E-state index is 0.130. The fourth-order valence-corrected chi connectivity index (χ4v) is 10.6. The molecular formula is C66H125NO10. The molecule has 1 amide bonds. The Morgan fingerprint density at radius 2 is 0.857 bits per heavy atom. The zero-order valence-electron chi connectivity index (χ0n) is 50.4. The summed E-state index contributed by atoms with van der Waals surface area (Å²) in [5.41, 5.74) is 0. The summed E-state index contributed by atoms with van der Waals surface area (Å²) in [7, 11) is 0. The lowest BCUT2D eigenvalue weighted by molar-refractivity contribution is -0.305. The average Bonchev–Trinajstić information content (AvgIpc) is 3.43. The molecule has 11 nitrogen and oxygen atoms in total. The van der Waals surface area contributed by atoms with Crippen LogP contribution in [0.4, 0.5) is 0 Å². The molecule has 1 aliphatic rings. The van der Waals surface area contributed by atoms with Crippen LogP contribution in [0.25, 0.3) is 0 Å². The number of nitrogens with one attached hydrogen (secondary N) is 1. The predicted octanol–water partition coefficient (Wildman–Crippen LogP) is 16.1. The second-order valence-electron chi connectivity index (χ2n) is 23.2. The number of hydrogen-bond acceptors (Lipinski definition) is 10. The van der Waals surface area contributed by atoms with Gasteiger partial charge in [-0.3, -0.25) is 9.59 Å². The third-order valence-corrected chi connectivity index (χ3v) is 15.9. The standard InChI is InChI=1S/C66H125NO10/c1-4-7-10-13-16-19-22-25-27-29-31-32-35-38-41-44-47-50-53-59(70)65(74)67-57(58(69)52-49-46-43-40-37-34-24-21-18-15-12-9-6-3)56-75-66-64(63(73)62(72)60(55-68)76-66)77-61(71)54-51-48-45-42-39-36-33-30-28-26-23-20-17-14-11-8-5-2/h25,27,49,52,57-60,62-64,66,68-70,72-73H,4-24,26,28-48,50-51,53-56H2,1-3H3,(H,67,74)/b27-25+,52-49+. The lowest BCUT2D eigenvalue weighted by atomic mass is 9.99. The maximum Gasteiger partial charge on any atom is 0.306 e. The van der Waals surface area contributed by atoms with E-state index in [2.05, 4.69) is 38.2 Å². The van der Waals surface area contributed by atoms with Gasteiger partial charge < -0.3 is 45.1 Å². The molecule has 0 aliphatic carbocycles. The Labute approximate surface area is 473 Å². The number of allylic oxidation sites excluding steroid dienone is 3. The molecule has 454 valence electrons. The van der Waals surface area contributed by atoms with Crippen molar-refractivity contribution in [1.29, 1.82) is 0 Å². The average molecular weight is 1090 g/mol. The fourth-order valence-electron chi connectivity index (χ4n) is 10.6. The summed E-state index contributed by atoms with van der Waals surface area (Å²) >= 11 is 0. The first-order valence-electron chi connectivity index (χ1n) is 33.1. The summed E-state index contributed by atoms with van der Waals surface area (Å²) < 4.78 is 17.7. The summed E-state index contributed by atoms with van der Waals surface area (Å²) in [6.45, 7) is 5.83. The van der Waals surface area contributed by atoms with E-state index in [1.54, 1.807) is 6.08 Å². The van der Waals surface area contributed by atoms with Gasteiger partial charge in [0.25, 0.3) is 0 Å². The summed E-state index contributed by atoms with van der Waals surface area (Å²) in [5, 5.41) is 57.1. The van der Waals surface area contributed by atoms with E-state index >= 15 is 0 Å². The number of rotatable bonds is 57. The lowest BCUT2D eigenvalue weighted by Gasteiger charge is -2.41. The maximum absolute atomic E-state index is 13.4. The second-order valence-corrected chi connectivity index (χ2v) is 23.2. The molecule has 0 saturated carbocycles. The van der Waals surface area contributed by atoms with Gasteiger partial charge in [0.05, 0.1) is 25.4 Å². The van der Waals surface area contributed by atoms with E-state index in [4.69, 9.17) is 14.2 Å². The van der Waals surface area contributed by atoms with Gasteiger partial charge in [0.1, 0.15) is 24.4 Å². The van der Waals surface area contributed by atoms with Crippen LogP contribution in [-0.4, -0.2) is 99.6 Å². The number of aliphatic hydroxyl groups excluding tert-OH is 5. The monoisotopic (exact) mass is 1090 g/mol. The Hall–Kier alpha value is -1.86. The molecule has 77 heavy (non-hydrogen) atoms. The van der Waals surface area contributed by atoms with Crippen molar-refractivity contribution in [3.8, 4) is 0 Å². The first-order valence-corrected chi connectivity index (χ1v) is 33.1. The van der Waals surface area contributed by atoms with Crippen LogP contribution in [0.3, 0.4) is 0 Å². The Morgan fingerprint density at radius 1 is 0.494 bits per heavy atom. The molecule has 0 radical (unpaired) electrons. The number of carbonyl (C=O) groups is 2. The van der Waals surface area contributed by atoms with Crippen molar-refractivity contribution in [2.75, 3.05) is 13.2 Å². The molecule has 1 saturated heterocycles. The molecule has 8 unspecified atom stereocenters. The quantitative estimate of drug-likeness (QED) is 0.0195. The maximum atomic E-state index is 13.4. The molecule has 6 N–H and O–H groups in total. The number of amides is 1. The summed E-state index contributed by atoms with van der Waals surface area (Å²) in [6, 6.07) is -1.02. The van der Waals surface area contributed by atoms with Gasteiger partial charge in [-0.05, 0) is 51.4 Å². The number of esters is 1. The van der Waals surface area contributed by atoms with Crippen molar-refractivity contribution in [3.63, 3.8) is 0 Å². The van der Waals surface area contributed by atoms with Gasteiger partial charge in [0.15, 0.2) is 12.4 Å². The van der Waals surface area contributed by atoms with Gasteiger partial charge in [0.2, 0.25) is 5.91 Å².